The molecule has 0 aliphatic rings. The first-order valence-corrected chi connectivity index (χ1v) is 5.91. The van der Waals surface area contributed by atoms with Crippen molar-refractivity contribution in [3.63, 3.8) is 0 Å². The van der Waals surface area contributed by atoms with E-state index in [0.29, 0.717) is 5.69 Å². The third kappa shape index (κ3) is 2.70. The number of ether oxygens (including phenoxy) is 1. The number of halogens is 2. The molecule has 0 saturated carbocycles. The summed E-state index contributed by atoms with van der Waals surface area (Å²) in [5.41, 5.74) is 0.448. The van der Waals surface area contributed by atoms with Crippen LogP contribution in [0.4, 0.5) is 5.69 Å². The fourth-order valence-corrected chi connectivity index (χ4v) is 1.74. The molecule has 1 N–H and O–H groups in total. The lowest BCUT2D eigenvalue weighted by Crippen LogP contribution is -2.24. The molecule has 20 heavy (non-hydrogen) atoms. The minimum atomic E-state index is -1.07. The van der Waals surface area contributed by atoms with Crippen molar-refractivity contribution in [1.82, 2.24) is 20.2 Å². The molecule has 1 aromatic heterocycles. The van der Waals surface area contributed by atoms with Crippen LogP contribution in [0.1, 0.15) is 0 Å². The van der Waals surface area contributed by atoms with E-state index in [-0.39, 0.29) is 15.7 Å². The second-order valence-corrected chi connectivity index (χ2v) is 4.24. The van der Waals surface area contributed by atoms with Crippen LogP contribution in [-0.2, 0) is 14.3 Å². The van der Waals surface area contributed by atoms with Gasteiger partial charge < -0.3 is 10.1 Å². The number of esters is 1. The van der Waals surface area contributed by atoms with Crippen molar-refractivity contribution < 1.29 is 14.3 Å². The number of aromatic nitrogens is 4. The molecule has 2 rings (SSSR count). The highest BCUT2D eigenvalue weighted by molar-refractivity contribution is 6.45. The number of rotatable bonds is 2. The Balaban J connectivity index is 2.47. The molecule has 0 fully saturated rings. The van der Waals surface area contributed by atoms with Crippen molar-refractivity contribution in [3.8, 4) is 5.69 Å². The van der Waals surface area contributed by atoms with Gasteiger partial charge in [-0.3, -0.25) is 4.79 Å². The van der Waals surface area contributed by atoms with Crippen LogP contribution < -0.4 is 5.32 Å². The lowest BCUT2D eigenvalue weighted by atomic mass is 10.2. The van der Waals surface area contributed by atoms with E-state index in [1.165, 1.54) is 23.1 Å². The van der Waals surface area contributed by atoms with Crippen LogP contribution in [0.15, 0.2) is 18.5 Å². The van der Waals surface area contributed by atoms with Crippen LogP contribution >= 0.6 is 23.2 Å². The van der Waals surface area contributed by atoms with E-state index < -0.39 is 11.9 Å². The molecule has 0 aliphatic carbocycles. The van der Waals surface area contributed by atoms with Crippen LogP contribution in [0.5, 0.6) is 0 Å². The summed E-state index contributed by atoms with van der Waals surface area (Å²) in [7, 11) is 1.09. The highest BCUT2D eigenvalue weighted by Crippen LogP contribution is 2.34. The molecule has 1 heterocycles. The number of amides is 1. The molecular weight excluding hydrogens is 309 g/mol. The van der Waals surface area contributed by atoms with Crippen molar-refractivity contribution in [2.24, 2.45) is 0 Å². The molecule has 0 aliphatic heterocycles. The van der Waals surface area contributed by atoms with Gasteiger partial charge in [0.15, 0.2) is 0 Å². The first-order chi connectivity index (χ1) is 9.54. The minimum absolute atomic E-state index is 0.0527. The van der Waals surface area contributed by atoms with Gasteiger partial charge in [0.1, 0.15) is 6.33 Å². The number of methoxy groups -OCH3 is 1. The van der Waals surface area contributed by atoms with Gasteiger partial charge in [0.25, 0.3) is 0 Å². The Labute approximate surface area is 122 Å². The summed E-state index contributed by atoms with van der Waals surface area (Å²) in [6.07, 6.45) is 1.30. The standard InChI is InChI=1S/C10H7Cl2N5O3/c1-20-10(19)9(18)14-8-6(17-4-13-15-16-17)3-2-5(11)7(8)12/h2-4H,1H3,(H,14,18). The average Bonchev–Trinajstić information content (AvgIpc) is 2.97. The van der Waals surface area contributed by atoms with E-state index in [1.807, 2.05) is 0 Å². The molecule has 1 aromatic carbocycles. The van der Waals surface area contributed by atoms with Crippen molar-refractivity contribution in [2.45, 2.75) is 0 Å². The molecule has 0 spiro atoms. The summed E-state index contributed by atoms with van der Waals surface area (Å²) in [4.78, 5) is 22.7. The molecule has 0 radical (unpaired) electrons. The van der Waals surface area contributed by atoms with E-state index in [9.17, 15) is 9.59 Å². The summed E-state index contributed by atoms with van der Waals surface area (Å²) in [5, 5.41) is 13.2. The Morgan fingerprint density at radius 1 is 1.35 bits per heavy atom. The van der Waals surface area contributed by atoms with Gasteiger partial charge in [-0.2, -0.15) is 4.68 Å². The summed E-state index contributed by atoms with van der Waals surface area (Å²) < 4.78 is 5.57. The molecule has 1 amide bonds. The van der Waals surface area contributed by atoms with Crippen LogP contribution in [0.25, 0.3) is 5.69 Å². The molecule has 0 atom stereocenters. The van der Waals surface area contributed by atoms with E-state index in [2.05, 4.69) is 25.6 Å². The van der Waals surface area contributed by atoms with Gasteiger partial charge in [-0.15, -0.1) is 5.10 Å². The molecule has 0 bridgehead atoms. The molecule has 10 heteroatoms. The predicted octanol–water partition coefficient (Wildman–Crippen LogP) is 1.08. The Morgan fingerprint density at radius 2 is 2.10 bits per heavy atom. The van der Waals surface area contributed by atoms with Crippen molar-refractivity contribution in [3.05, 3.63) is 28.5 Å². The van der Waals surface area contributed by atoms with Gasteiger partial charge in [-0.25, -0.2) is 4.79 Å². The summed E-state index contributed by atoms with van der Waals surface area (Å²) in [5.74, 6) is -2.06. The lowest BCUT2D eigenvalue weighted by molar-refractivity contribution is -0.150. The summed E-state index contributed by atoms with van der Waals surface area (Å²) >= 11 is 11.9. The molecule has 104 valence electrons. The number of nitrogens with one attached hydrogen (secondary N) is 1. The van der Waals surface area contributed by atoms with E-state index in [4.69, 9.17) is 23.2 Å². The number of hydrogen-bond acceptors (Lipinski definition) is 6. The van der Waals surface area contributed by atoms with Crippen LogP contribution in [0.3, 0.4) is 0 Å². The Bertz CT molecular complexity index is 659. The smallest absolute Gasteiger partial charge is 0.396 e. The van der Waals surface area contributed by atoms with Crippen molar-refractivity contribution in [2.75, 3.05) is 12.4 Å². The average molecular weight is 316 g/mol. The van der Waals surface area contributed by atoms with Gasteiger partial charge in [0.05, 0.1) is 28.5 Å². The summed E-state index contributed by atoms with van der Waals surface area (Å²) in [6.45, 7) is 0. The van der Waals surface area contributed by atoms with Gasteiger partial charge in [-0.1, -0.05) is 23.2 Å². The van der Waals surface area contributed by atoms with Crippen molar-refractivity contribution >= 4 is 40.8 Å². The molecule has 2 aromatic rings. The normalized spacial score (nSPS) is 10.2. The van der Waals surface area contributed by atoms with Gasteiger partial charge in [0.2, 0.25) is 0 Å². The van der Waals surface area contributed by atoms with E-state index >= 15 is 0 Å². The van der Waals surface area contributed by atoms with E-state index in [0.717, 1.165) is 7.11 Å². The maximum atomic E-state index is 11.6. The third-order valence-corrected chi connectivity index (χ3v) is 3.08. The second kappa shape index (κ2) is 5.85. The first kappa shape index (κ1) is 14.2. The van der Waals surface area contributed by atoms with Gasteiger partial charge >= 0.3 is 11.9 Å². The number of carbonyl (C=O) groups excluding carboxylic acids is 2. The number of benzene rings is 1. The van der Waals surface area contributed by atoms with E-state index in [1.54, 1.807) is 0 Å². The Morgan fingerprint density at radius 3 is 2.70 bits per heavy atom. The second-order valence-electron chi connectivity index (χ2n) is 3.46. The Hall–Kier alpha value is -2.19. The highest BCUT2D eigenvalue weighted by Gasteiger charge is 2.20. The van der Waals surface area contributed by atoms with Crippen LogP contribution in [-0.4, -0.2) is 39.2 Å². The zero-order chi connectivity index (χ0) is 14.7. The number of carbonyl (C=O) groups is 2. The minimum Gasteiger partial charge on any atom is -0.462 e. The number of anilines is 1. The fourth-order valence-electron chi connectivity index (χ4n) is 1.38. The highest BCUT2D eigenvalue weighted by atomic mass is 35.5. The third-order valence-electron chi connectivity index (χ3n) is 2.28. The number of tetrazole rings is 1. The fraction of sp³-hybridized carbons (Fsp3) is 0.100. The first-order valence-electron chi connectivity index (χ1n) is 5.15. The predicted molar refractivity (Wildman–Crippen MR) is 69.8 cm³/mol. The largest absolute Gasteiger partial charge is 0.462 e. The molecule has 0 saturated heterocycles. The van der Waals surface area contributed by atoms with Gasteiger partial charge in [0, 0.05) is 0 Å². The quantitative estimate of drug-likeness (QED) is 0.657. The number of nitrogens with zero attached hydrogens (tertiary/aromatic N) is 4. The SMILES string of the molecule is COC(=O)C(=O)Nc1c(-n2cnnn2)ccc(Cl)c1Cl. The topological polar surface area (TPSA) is 99.0 Å². The molecule has 0 unspecified atom stereocenters. The summed E-state index contributed by atoms with van der Waals surface area (Å²) in [6, 6.07) is 3.05. The molecular formula is C10H7Cl2N5O3. The number of hydrogen-bond donors (Lipinski definition) is 1. The van der Waals surface area contributed by atoms with Gasteiger partial charge in [-0.05, 0) is 22.6 Å². The Kier molecular flexibility index (Phi) is 4.16. The zero-order valence-corrected chi connectivity index (χ0v) is 11.5. The lowest BCUT2D eigenvalue weighted by Gasteiger charge is -2.12. The molecule has 8 nitrogen and oxygen atoms in total. The van der Waals surface area contributed by atoms with Crippen LogP contribution in [0.2, 0.25) is 10.0 Å². The zero-order valence-electron chi connectivity index (χ0n) is 10.0. The maximum Gasteiger partial charge on any atom is 0.396 e. The maximum absolute atomic E-state index is 11.6. The monoisotopic (exact) mass is 315 g/mol. The van der Waals surface area contributed by atoms with Crippen LogP contribution in [0, 0.1) is 0 Å². The van der Waals surface area contributed by atoms with Crippen molar-refractivity contribution in [1.29, 1.82) is 0 Å².